The van der Waals surface area contributed by atoms with Crippen LogP contribution in [0.1, 0.15) is 38.6 Å². The number of piperidine rings is 1. The maximum atomic E-state index is 12.9. The predicted octanol–water partition coefficient (Wildman–Crippen LogP) is 4.98. The molecule has 0 aliphatic carbocycles. The highest BCUT2D eigenvalue weighted by molar-refractivity contribution is 7.17. The fourth-order valence-electron chi connectivity index (χ4n) is 3.70. The van der Waals surface area contributed by atoms with Crippen LogP contribution in [0.3, 0.4) is 0 Å². The zero-order chi connectivity index (χ0) is 21.1. The number of aldehydes is 1. The molecule has 3 aromatic rings. The Balaban J connectivity index is 1.45. The molecule has 1 saturated heterocycles. The Kier molecular flexibility index (Phi) is 6.16. The molecule has 7 heteroatoms. The number of carbonyl (C=O) groups excluding carboxylic acids is 2. The molecule has 0 bridgehead atoms. The Bertz CT molecular complexity index is 1060. The minimum absolute atomic E-state index is 0.0478. The summed E-state index contributed by atoms with van der Waals surface area (Å²) in [6.07, 6.45) is 2.77. The number of benzene rings is 2. The summed E-state index contributed by atoms with van der Waals surface area (Å²) in [5.41, 5.74) is 3.35. The summed E-state index contributed by atoms with van der Waals surface area (Å²) in [7, 11) is 0. The number of aryl methyl sites for hydroxylation is 1. The van der Waals surface area contributed by atoms with Crippen molar-refractivity contribution in [2.45, 2.75) is 25.8 Å². The van der Waals surface area contributed by atoms with E-state index in [4.69, 9.17) is 11.6 Å². The number of aromatic nitrogens is 1. The molecule has 1 unspecified atom stereocenters. The fraction of sp³-hybridized carbons (Fsp3) is 0.261. The van der Waals surface area contributed by atoms with Gasteiger partial charge in [0, 0.05) is 41.0 Å². The van der Waals surface area contributed by atoms with Gasteiger partial charge in [-0.1, -0.05) is 35.9 Å². The van der Waals surface area contributed by atoms with Crippen molar-refractivity contribution in [2.24, 2.45) is 0 Å². The van der Waals surface area contributed by atoms with Crippen molar-refractivity contribution < 1.29 is 9.59 Å². The minimum atomic E-state index is -0.0845. The smallest absolute Gasteiger partial charge is 0.263 e. The van der Waals surface area contributed by atoms with Crippen molar-refractivity contribution >= 4 is 40.8 Å². The molecule has 0 radical (unpaired) electrons. The van der Waals surface area contributed by atoms with Crippen LogP contribution in [0.2, 0.25) is 5.02 Å². The van der Waals surface area contributed by atoms with E-state index in [1.165, 1.54) is 11.3 Å². The number of nitrogens with zero attached hydrogens (tertiary/aromatic N) is 2. The van der Waals surface area contributed by atoms with Crippen molar-refractivity contribution in [1.82, 2.24) is 10.3 Å². The molecule has 1 atom stereocenters. The van der Waals surface area contributed by atoms with Crippen molar-refractivity contribution in [3.63, 3.8) is 0 Å². The van der Waals surface area contributed by atoms with Gasteiger partial charge in [0.15, 0.2) is 0 Å². The van der Waals surface area contributed by atoms with Crippen molar-refractivity contribution in [2.75, 3.05) is 18.0 Å². The molecular weight excluding hydrogens is 418 g/mol. The Morgan fingerprint density at radius 2 is 2.07 bits per heavy atom. The van der Waals surface area contributed by atoms with Crippen LogP contribution in [0.4, 0.5) is 5.69 Å². The van der Waals surface area contributed by atoms with Crippen molar-refractivity contribution in [3.8, 4) is 10.6 Å². The lowest BCUT2D eigenvalue weighted by molar-refractivity contribution is 0.0936. The third-order valence-corrected chi connectivity index (χ3v) is 6.68. The second-order valence-electron chi connectivity index (χ2n) is 7.41. The molecule has 4 rings (SSSR count). The number of nitrogens with one attached hydrogen (secondary N) is 1. The van der Waals surface area contributed by atoms with E-state index in [0.29, 0.717) is 15.5 Å². The lowest BCUT2D eigenvalue weighted by Crippen LogP contribution is -2.47. The van der Waals surface area contributed by atoms with Crippen molar-refractivity contribution in [1.29, 1.82) is 0 Å². The normalized spacial score (nSPS) is 16.3. The number of rotatable bonds is 5. The number of halogens is 1. The number of hydrogen-bond donors (Lipinski definition) is 1. The standard InChI is InChI=1S/C23H22ClN3O2S/c1-15-21(30-23(25-15)17-7-9-18(24)10-8-17)22(29)26-19-5-3-11-27(13-19)20-6-2-4-16(12-20)14-28/h2,4,6-10,12,14,19H,3,5,11,13H2,1H3,(H,26,29). The Morgan fingerprint density at radius 3 is 2.83 bits per heavy atom. The molecule has 0 saturated carbocycles. The van der Waals surface area contributed by atoms with E-state index in [1.807, 2.05) is 49.4 Å². The second kappa shape index (κ2) is 8.98. The quantitative estimate of drug-likeness (QED) is 0.569. The lowest BCUT2D eigenvalue weighted by Gasteiger charge is -2.34. The average Bonchev–Trinajstić information content (AvgIpc) is 3.16. The zero-order valence-electron chi connectivity index (χ0n) is 16.6. The summed E-state index contributed by atoms with van der Waals surface area (Å²) in [6, 6.07) is 15.1. The third-order valence-electron chi connectivity index (χ3n) is 5.22. The summed E-state index contributed by atoms with van der Waals surface area (Å²) >= 11 is 7.36. The number of hydrogen-bond acceptors (Lipinski definition) is 5. The molecule has 30 heavy (non-hydrogen) atoms. The predicted molar refractivity (Wildman–Crippen MR) is 122 cm³/mol. The van der Waals surface area contributed by atoms with Crippen LogP contribution >= 0.6 is 22.9 Å². The van der Waals surface area contributed by atoms with Gasteiger partial charge < -0.3 is 10.2 Å². The van der Waals surface area contributed by atoms with E-state index in [-0.39, 0.29) is 11.9 Å². The first-order valence-electron chi connectivity index (χ1n) is 9.88. The van der Waals surface area contributed by atoms with E-state index in [9.17, 15) is 9.59 Å². The van der Waals surface area contributed by atoms with Gasteiger partial charge in [0.25, 0.3) is 5.91 Å². The molecule has 1 amide bonds. The van der Waals surface area contributed by atoms with Gasteiger partial charge in [0.05, 0.1) is 5.69 Å². The highest BCUT2D eigenvalue weighted by atomic mass is 35.5. The average molecular weight is 440 g/mol. The monoisotopic (exact) mass is 439 g/mol. The van der Waals surface area contributed by atoms with Gasteiger partial charge in [0.1, 0.15) is 16.2 Å². The van der Waals surface area contributed by atoms with E-state index in [1.54, 1.807) is 6.07 Å². The van der Waals surface area contributed by atoms with Crippen LogP contribution in [0.5, 0.6) is 0 Å². The van der Waals surface area contributed by atoms with Crippen LogP contribution in [0, 0.1) is 6.92 Å². The summed E-state index contributed by atoms with van der Waals surface area (Å²) in [6.45, 7) is 3.49. The van der Waals surface area contributed by atoms with Crippen LogP contribution in [-0.4, -0.2) is 36.3 Å². The Morgan fingerprint density at radius 1 is 1.27 bits per heavy atom. The summed E-state index contributed by atoms with van der Waals surface area (Å²) in [5, 5.41) is 4.66. The first-order valence-corrected chi connectivity index (χ1v) is 11.1. The molecule has 1 fully saturated rings. The van der Waals surface area contributed by atoms with Crippen molar-refractivity contribution in [3.05, 3.63) is 69.7 Å². The topological polar surface area (TPSA) is 62.3 Å². The minimum Gasteiger partial charge on any atom is -0.369 e. The van der Waals surface area contributed by atoms with Crippen LogP contribution in [-0.2, 0) is 0 Å². The van der Waals surface area contributed by atoms with Crippen LogP contribution in [0.25, 0.3) is 10.6 Å². The zero-order valence-corrected chi connectivity index (χ0v) is 18.2. The van der Waals surface area contributed by atoms with Gasteiger partial charge in [-0.3, -0.25) is 9.59 Å². The highest BCUT2D eigenvalue weighted by Gasteiger charge is 2.24. The molecule has 1 aliphatic rings. The largest absolute Gasteiger partial charge is 0.369 e. The molecule has 1 N–H and O–H groups in total. The first kappa shape index (κ1) is 20.6. The SMILES string of the molecule is Cc1nc(-c2ccc(Cl)cc2)sc1C(=O)NC1CCCN(c2cccc(C=O)c2)C1. The Hall–Kier alpha value is -2.70. The van der Waals surface area contributed by atoms with Gasteiger partial charge in [0.2, 0.25) is 0 Å². The first-order chi connectivity index (χ1) is 14.5. The number of thiazole rings is 1. The molecule has 1 aromatic heterocycles. The summed E-state index contributed by atoms with van der Waals surface area (Å²) in [4.78, 5) is 31.5. The molecule has 2 heterocycles. The van der Waals surface area contributed by atoms with Crippen LogP contribution in [0.15, 0.2) is 48.5 Å². The third kappa shape index (κ3) is 4.55. The number of anilines is 1. The summed E-state index contributed by atoms with van der Waals surface area (Å²) in [5.74, 6) is -0.0845. The fourth-order valence-corrected chi connectivity index (χ4v) is 4.80. The molecule has 0 spiro atoms. The maximum Gasteiger partial charge on any atom is 0.263 e. The summed E-state index contributed by atoms with van der Waals surface area (Å²) < 4.78 is 0. The molecular formula is C23H22ClN3O2S. The van der Waals surface area contributed by atoms with E-state index < -0.39 is 0 Å². The van der Waals surface area contributed by atoms with Gasteiger partial charge >= 0.3 is 0 Å². The van der Waals surface area contributed by atoms with Gasteiger partial charge in [-0.25, -0.2) is 4.98 Å². The van der Waals surface area contributed by atoms with Crippen LogP contribution < -0.4 is 10.2 Å². The van der Waals surface area contributed by atoms with Gasteiger partial charge in [-0.05, 0) is 44.0 Å². The molecule has 5 nitrogen and oxygen atoms in total. The second-order valence-corrected chi connectivity index (χ2v) is 8.85. The lowest BCUT2D eigenvalue weighted by atomic mass is 10.0. The number of carbonyl (C=O) groups is 2. The molecule has 1 aliphatic heterocycles. The van der Waals surface area contributed by atoms with Gasteiger partial charge in [-0.15, -0.1) is 11.3 Å². The van der Waals surface area contributed by atoms with E-state index in [0.717, 1.165) is 54.2 Å². The maximum absolute atomic E-state index is 12.9. The van der Waals surface area contributed by atoms with Gasteiger partial charge in [-0.2, -0.15) is 0 Å². The van der Waals surface area contributed by atoms with E-state index in [2.05, 4.69) is 15.2 Å². The highest BCUT2D eigenvalue weighted by Crippen LogP contribution is 2.29. The molecule has 154 valence electrons. The Labute approximate surface area is 184 Å². The number of amides is 1. The molecule has 2 aromatic carbocycles. The van der Waals surface area contributed by atoms with E-state index >= 15 is 0 Å².